The van der Waals surface area contributed by atoms with Crippen LogP contribution in [0.4, 0.5) is 10.5 Å². The van der Waals surface area contributed by atoms with Crippen LogP contribution in [0.25, 0.3) is 0 Å². The summed E-state index contributed by atoms with van der Waals surface area (Å²) in [4.78, 5) is 41.2. The lowest BCUT2D eigenvalue weighted by Crippen LogP contribution is -2.53. The molecule has 0 spiro atoms. The SMILES string of the molecule is C#Cc1ccccc1C(C(=O)Nc1ccccc1C)N(C#C)C(=O)C(NC(=O)OC(C)(C)C)C(C)CC. The molecule has 2 N–H and O–H groups in total. The minimum Gasteiger partial charge on any atom is -0.444 e. The van der Waals surface area contributed by atoms with E-state index in [9.17, 15) is 14.4 Å². The van der Waals surface area contributed by atoms with Crippen molar-refractivity contribution < 1.29 is 19.1 Å². The van der Waals surface area contributed by atoms with E-state index < -0.39 is 35.6 Å². The normalized spacial score (nSPS) is 13.2. The Morgan fingerprint density at radius 3 is 2.24 bits per heavy atom. The molecule has 0 heterocycles. The van der Waals surface area contributed by atoms with Gasteiger partial charge < -0.3 is 15.4 Å². The number of nitrogens with one attached hydrogen (secondary N) is 2. The van der Waals surface area contributed by atoms with Crippen molar-refractivity contribution >= 4 is 23.6 Å². The molecule has 0 aromatic heterocycles. The Kier molecular flexibility index (Phi) is 9.91. The summed E-state index contributed by atoms with van der Waals surface area (Å²) in [6.45, 7) is 10.7. The number of carbonyl (C=O) groups is 3. The molecule has 0 radical (unpaired) electrons. The van der Waals surface area contributed by atoms with E-state index in [0.29, 0.717) is 23.2 Å². The van der Waals surface area contributed by atoms with Gasteiger partial charge in [0.2, 0.25) is 0 Å². The first-order valence-electron chi connectivity index (χ1n) is 12.1. The average Bonchev–Trinajstić information content (AvgIpc) is 2.85. The third-order valence-electron chi connectivity index (χ3n) is 5.85. The molecule has 2 aromatic rings. The van der Waals surface area contributed by atoms with Crippen LogP contribution in [0.15, 0.2) is 48.5 Å². The molecule has 0 saturated carbocycles. The number of nitrogens with zero attached hydrogens (tertiary/aromatic N) is 1. The van der Waals surface area contributed by atoms with Gasteiger partial charge in [-0.25, -0.2) is 4.79 Å². The van der Waals surface area contributed by atoms with Crippen molar-refractivity contribution in [1.82, 2.24) is 10.2 Å². The molecule has 2 aromatic carbocycles. The second-order valence-electron chi connectivity index (χ2n) is 9.79. The number of anilines is 1. The van der Waals surface area contributed by atoms with Gasteiger partial charge in [0, 0.05) is 22.9 Å². The minimum atomic E-state index is -1.25. The zero-order valence-corrected chi connectivity index (χ0v) is 22.3. The average molecular weight is 502 g/mol. The van der Waals surface area contributed by atoms with Crippen LogP contribution in [0, 0.1) is 37.7 Å². The number of alkyl carbamates (subject to hydrolysis) is 1. The number of hydrogen-bond donors (Lipinski definition) is 2. The monoisotopic (exact) mass is 501 g/mol. The molecule has 3 amide bonds. The Balaban J connectivity index is 2.56. The molecule has 3 atom stereocenters. The second-order valence-corrected chi connectivity index (χ2v) is 9.79. The number of benzene rings is 2. The molecule has 0 aliphatic heterocycles. The molecule has 0 aliphatic rings. The molecule has 0 fully saturated rings. The lowest BCUT2D eigenvalue weighted by molar-refractivity contribution is -0.137. The van der Waals surface area contributed by atoms with Gasteiger partial charge in [-0.2, -0.15) is 0 Å². The highest BCUT2D eigenvalue weighted by atomic mass is 16.6. The number of ether oxygens (including phenoxy) is 1. The number of hydrogen-bond acceptors (Lipinski definition) is 4. The van der Waals surface area contributed by atoms with Crippen LogP contribution in [-0.2, 0) is 14.3 Å². The maximum atomic E-state index is 13.9. The Morgan fingerprint density at radius 2 is 1.68 bits per heavy atom. The van der Waals surface area contributed by atoms with Gasteiger partial charge in [-0.1, -0.05) is 69.0 Å². The summed E-state index contributed by atoms with van der Waals surface area (Å²) < 4.78 is 5.37. The molecular formula is C30H35N3O4. The maximum absolute atomic E-state index is 13.9. The van der Waals surface area contributed by atoms with E-state index in [1.807, 2.05) is 32.9 Å². The molecule has 7 nitrogen and oxygen atoms in total. The number of aryl methyl sites for hydroxylation is 1. The molecule has 0 saturated heterocycles. The highest BCUT2D eigenvalue weighted by Crippen LogP contribution is 2.28. The van der Waals surface area contributed by atoms with Crippen molar-refractivity contribution in [2.24, 2.45) is 5.92 Å². The van der Waals surface area contributed by atoms with Gasteiger partial charge in [-0.3, -0.25) is 14.5 Å². The number of carbonyl (C=O) groups excluding carboxylic acids is 3. The number of para-hydroxylation sites is 1. The van der Waals surface area contributed by atoms with E-state index in [4.69, 9.17) is 17.6 Å². The van der Waals surface area contributed by atoms with Crippen molar-refractivity contribution in [2.45, 2.75) is 65.6 Å². The van der Waals surface area contributed by atoms with Gasteiger partial charge in [0.05, 0.1) is 0 Å². The highest BCUT2D eigenvalue weighted by Gasteiger charge is 2.38. The molecular weight excluding hydrogens is 466 g/mol. The first kappa shape index (κ1) is 29.0. The zero-order chi connectivity index (χ0) is 27.8. The van der Waals surface area contributed by atoms with E-state index in [-0.39, 0.29) is 5.92 Å². The van der Waals surface area contributed by atoms with Crippen molar-refractivity contribution in [3.63, 3.8) is 0 Å². The van der Waals surface area contributed by atoms with E-state index >= 15 is 0 Å². The Bertz CT molecular complexity index is 1220. The smallest absolute Gasteiger partial charge is 0.408 e. The summed E-state index contributed by atoms with van der Waals surface area (Å²) in [5.41, 5.74) is 1.46. The molecule has 3 unspecified atom stereocenters. The van der Waals surface area contributed by atoms with Crippen molar-refractivity contribution in [1.29, 1.82) is 0 Å². The van der Waals surface area contributed by atoms with E-state index in [0.717, 1.165) is 10.5 Å². The van der Waals surface area contributed by atoms with Gasteiger partial charge in [0.15, 0.2) is 6.04 Å². The maximum Gasteiger partial charge on any atom is 0.408 e. The predicted molar refractivity (Wildman–Crippen MR) is 145 cm³/mol. The summed E-state index contributed by atoms with van der Waals surface area (Å²) in [6.07, 6.45) is 11.4. The topological polar surface area (TPSA) is 87.7 Å². The molecule has 37 heavy (non-hydrogen) atoms. The Labute approximate surface area is 220 Å². The fourth-order valence-corrected chi connectivity index (χ4v) is 3.71. The van der Waals surface area contributed by atoms with E-state index in [1.54, 1.807) is 57.2 Å². The van der Waals surface area contributed by atoms with Crippen molar-refractivity contribution in [3.8, 4) is 24.8 Å². The van der Waals surface area contributed by atoms with Gasteiger partial charge in [-0.05, 0) is 51.3 Å². The summed E-state index contributed by atoms with van der Waals surface area (Å²) in [5, 5.41) is 5.53. The Hall–Kier alpha value is -4.23. The first-order chi connectivity index (χ1) is 17.4. The van der Waals surface area contributed by atoms with Crippen LogP contribution < -0.4 is 10.6 Å². The standard InChI is InChI=1S/C30H35N3O4/c1-9-20(4)25(32-29(36)37-30(6,7)8)28(35)33(11-3)26(23-18-14-13-17-22(23)10-2)27(34)31-24-19-15-12-16-21(24)5/h2-3,12-20,25-26H,9H2,1,4-8H3,(H,31,34)(H,32,36). The lowest BCUT2D eigenvalue weighted by Gasteiger charge is -2.32. The molecule has 194 valence electrons. The number of rotatable bonds is 8. The lowest BCUT2D eigenvalue weighted by atomic mass is 9.94. The Morgan fingerprint density at radius 1 is 1.05 bits per heavy atom. The van der Waals surface area contributed by atoms with Crippen LogP contribution in [0.1, 0.15) is 63.8 Å². The summed E-state index contributed by atoms with van der Waals surface area (Å²) in [5.74, 6) is 1.10. The van der Waals surface area contributed by atoms with Crippen molar-refractivity contribution in [3.05, 3.63) is 65.2 Å². The van der Waals surface area contributed by atoms with Crippen LogP contribution in [0.2, 0.25) is 0 Å². The third kappa shape index (κ3) is 7.62. The van der Waals surface area contributed by atoms with Crippen LogP contribution in [0.5, 0.6) is 0 Å². The fraction of sp³-hybridized carbons (Fsp3) is 0.367. The highest BCUT2D eigenvalue weighted by molar-refractivity contribution is 6.00. The molecule has 0 bridgehead atoms. The quantitative estimate of drug-likeness (QED) is 0.393. The number of amides is 3. The van der Waals surface area contributed by atoms with Crippen LogP contribution in [0.3, 0.4) is 0 Å². The minimum absolute atomic E-state index is 0.307. The summed E-state index contributed by atoms with van der Waals surface area (Å²) in [7, 11) is 0. The van der Waals surface area contributed by atoms with Gasteiger partial charge in [-0.15, -0.1) is 6.42 Å². The van der Waals surface area contributed by atoms with Gasteiger partial charge in [0.25, 0.3) is 11.8 Å². The van der Waals surface area contributed by atoms with Crippen LogP contribution in [-0.4, -0.2) is 34.5 Å². The van der Waals surface area contributed by atoms with Crippen molar-refractivity contribution in [2.75, 3.05) is 5.32 Å². The van der Waals surface area contributed by atoms with Gasteiger partial charge >= 0.3 is 6.09 Å². The molecule has 2 rings (SSSR count). The number of terminal acetylenes is 2. The zero-order valence-electron chi connectivity index (χ0n) is 22.3. The largest absolute Gasteiger partial charge is 0.444 e. The summed E-state index contributed by atoms with van der Waals surface area (Å²) in [6, 6.07) is 14.1. The first-order valence-corrected chi connectivity index (χ1v) is 12.1. The van der Waals surface area contributed by atoms with Gasteiger partial charge in [0.1, 0.15) is 11.6 Å². The fourth-order valence-electron chi connectivity index (χ4n) is 3.71. The second kappa shape index (κ2) is 12.6. The van der Waals surface area contributed by atoms with Crippen LogP contribution >= 0.6 is 0 Å². The summed E-state index contributed by atoms with van der Waals surface area (Å²) >= 11 is 0. The molecule has 7 heteroatoms. The van der Waals surface area contributed by atoms with E-state index in [2.05, 4.69) is 22.6 Å². The molecule has 0 aliphatic carbocycles. The van der Waals surface area contributed by atoms with E-state index in [1.165, 1.54) is 0 Å². The third-order valence-corrected chi connectivity index (χ3v) is 5.85. The predicted octanol–water partition coefficient (Wildman–Crippen LogP) is 5.01.